The summed E-state index contributed by atoms with van der Waals surface area (Å²) in [7, 11) is 0. The van der Waals surface area contributed by atoms with Crippen LogP contribution in [-0.2, 0) is 6.54 Å². The molecule has 0 saturated carbocycles. The second-order valence-electron chi connectivity index (χ2n) is 7.91. The minimum Gasteiger partial charge on any atom is -0.267 e. The Morgan fingerprint density at radius 1 is 1.00 bits per heavy atom. The highest BCUT2D eigenvalue weighted by molar-refractivity contribution is 6.06. The maximum absolute atomic E-state index is 13.3. The molecule has 2 aromatic carbocycles. The van der Waals surface area contributed by atoms with Gasteiger partial charge in [-0.25, -0.2) is 13.8 Å². The number of aryl methyl sites for hydroxylation is 1. The van der Waals surface area contributed by atoms with Crippen LogP contribution in [0, 0.1) is 5.82 Å². The average molecular weight is 462 g/mol. The van der Waals surface area contributed by atoms with E-state index < -0.39 is 11.8 Å². The summed E-state index contributed by atoms with van der Waals surface area (Å²) < 4.78 is 16.1. The van der Waals surface area contributed by atoms with Crippen LogP contribution in [0.5, 0.6) is 0 Å². The minimum absolute atomic E-state index is 0.0171. The lowest BCUT2D eigenvalue weighted by atomic mass is 10.1. The fourth-order valence-corrected chi connectivity index (χ4v) is 3.73. The van der Waals surface area contributed by atoms with Crippen molar-refractivity contribution in [2.24, 2.45) is 0 Å². The zero-order valence-corrected chi connectivity index (χ0v) is 18.9. The van der Waals surface area contributed by atoms with Gasteiger partial charge in [0.15, 0.2) is 5.69 Å². The predicted octanol–water partition coefficient (Wildman–Crippen LogP) is 2.94. The van der Waals surface area contributed by atoms with Gasteiger partial charge in [0.1, 0.15) is 5.82 Å². The number of nitrogens with one attached hydrogen (secondary N) is 2. The Kier molecular flexibility index (Phi) is 6.22. The van der Waals surface area contributed by atoms with E-state index >= 15 is 0 Å². The van der Waals surface area contributed by atoms with Crippen LogP contribution in [0.15, 0.2) is 59.5 Å². The van der Waals surface area contributed by atoms with Gasteiger partial charge in [-0.2, -0.15) is 10.2 Å². The van der Waals surface area contributed by atoms with Crippen molar-refractivity contribution in [2.45, 2.75) is 33.2 Å². The van der Waals surface area contributed by atoms with Gasteiger partial charge in [-0.05, 0) is 43.2 Å². The predicted molar refractivity (Wildman–Crippen MR) is 124 cm³/mol. The molecule has 9 nitrogen and oxygen atoms in total. The Hall–Kier alpha value is -4.34. The lowest BCUT2D eigenvalue weighted by Gasteiger charge is -2.14. The standard InChI is InChI=1S/C24H23FN6O3/c1-4-30-24(34)18-8-6-5-7-17(18)20(29-30)23(33)28-27-22(32)19-13-26-31(21(19)14(2)3)16-11-9-15(25)10-12-16/h5-14H,4H2,1-3H3,(H,27,32)(H,28,33). The van der Waals surface area contributed by atoms with Crippen LogP contribution in [-0.4, -0.2) is 31.4 Å². The van der Waals surface area contributed by atoms with Crippen molar-refractivity contribution >= 4 is 22.6 Å². The number of fused-ring (bicyclic) bond motifs is 1. The SMILES string of the molecule is CCn1nc(C(=O)NNC(=O)c2cnn(-c3ccc(F)cc3)c2C(C)C)c2ccccc2c1=O. The first-order chi connectivity index (χ1) is 16.3. The molecule has 4 aromatic rings. The van der Waals surface area contributed by atoms with Gasteiger partial charge in [0.25, 0.3) is 17.4 Å². The molecule has 2 amide bonds. The second kappa shape index (κ2) is 9.26. The van der Waals surface area contributed by atoms with Crippen LogP contribution in [0.3, 0.4) is 0 Å². The van der Waals surface area contributed by atoms with Gasteiger partial charge in [0, 0.05) is 11.9 Å². The second-order valence-corrected chi connectivity index (χ2v) is 7.91. The number of hydrogen-bond donors (Lipinski definition) is 2. The summed E-state index contributed by atoms with van der Waals surface area (Å²) in [6.45, 7) is 5.84. The molecule has 2 N–H and O–H groups in total. The Morgan fingerprint density at radius 3 is 2.29 bits per heavy atom. The largest absolute Gasteiger partial charge is 0.290 e. The number of aromatic nitrogens is 4. The van der Waals surface area contributed by atoms with Crippen LogP contribution >= 0.6 is 0 Å². The quantitative estimate of drug-likeness (QED) is 0.443. The molecule has 0 saturated heterocycles. The molecule has 0 atom stereocenters. The van der Waals surface area contributed by atoms with E-state index in [0.29, 0.717) is 22.2 Å². The zero-order chi connectivity index (χ0) is 24.4. The highest BCUT2D eigenvalue weighted by atomic mass is 19.1. The van der Waals surface area contributed by atoms with Crippen molar-refractivity contribution in [3.63, 3.8) is 0 Å². The summed E-state index contributed by atoms with van der Waals surface area (Å²) >= 11 is 0. The lowest BCUT2D eigenvalue weighted by Crippen LogP contribution is -2.43. The molecular weight excluding hydrogens is 439 g/mol. The molecule has 2 heterocycles. The zero-order valence-electron chi connectivity index (χ0n) is 18.9. The normalized spacial score (nSPS) is 11.1. The third-order valence-electron chi connectivity index (χ3n) is 5.34. The van der Waals surface area contributed by atoms with Crippen molar-refractivity contribution in [3.8, 4) is 5.69 Å². The van der Waals surface area contributed by atoms with Gasteiger partial charge in [0.2, 0.25) is 0 Å². The van der Waals surface area contributed by atoms with E-state index in [-0.39, 0.29) is 35.1 Å². The maximum atomic E-state index is 13.3. The lowest BCUT2D eigenvalue weighted by molar-refractivity contribution is 0.0843. The van der Waals surface area contributed by atoms with Gasteiger partial charge in [-0.15, -0.1) is 0 Å². The van der Waals surface area contributed by atoms with Crippen LogP contribution in [0.4, 0.5) is 4.39 Å². The molecule has 0 unspecified atom stereocenters. The number of amides is 2. The fourth-order valence-electron chi connectivity index (χ4n) is 3.73. The van der Waals surface area contributed by atoms with Crippen molar-refractivity contribution in [2.75, 3.05) is 0 Å². The van der Waals surface area contributed by atoms with Crippen LogP contribution in [0.2, 0.25) is 0 Å². The molecule has 0 bridgehead atoms. The van der Waals surface area contributed by atoms with Crippen molar-refractivity contribution in [3.05, 3.63) is 87.9 Å². The molecule has 10 heteroatoms. The highest BCUT2D eigenvalue weighted by Gasteiger charge is 2.22. The Labute approximate surface area is 194 Å². The summed E-state index contributed by atoms with van der Waals surface area (Å²) in [5, 5.41) is 9.19. The molecular formula is C24H23FN6O3. The van der Waals surface area contributed by atoms with Crippen molar-refractivity contribution in [1.29, 1.82) is 0 Å². The maximum Gasteiger partial charge on any atom is 0.290 e. The molecule has 0 spiro atoms. The molecule has 174 valence electrons. The molecule has 0 radical (unpaired) electrons. The first kappa shape index (κ1) is 22.8. The van der Waals surface area contributed by atoms with Gasteiger partial charge >= 0.3 is 0 Å². The average Bonchev–Trinajstić information content (AvgIpc) is 3.29. The van der Waals surface area contributed by atoms with Crippen LogP contribution in [0.25, 0.3) is 16.5 Å². The Bertz CT molecular complexity index is 1440. The molecule has 0 aliphatic rings. The van der Waals surface area contributed by atoms with E-state index in [9.17, 15) is 18.8 Å². The third-order valence-corrected chi connectivity index (χ3v) is 5.34. The first-order valence-electron chi connectivity index (χ1n) is 10.8. The smallest absolute Gasteiger partial charge is 0.267 e. The number of halogens is 1. The molecule has 0 aliphatic heterocycles. The highest BCUT2D eigenvalue weighted by Crippen LogP contribution is 2.23. The number of hydrogen-bond acceptors (Lipinski definition) is 5. The van der Waals surface area contributed by atoms with Crippen LogP contribution in [0.1, 0.15) is 53.2 Å². The summed E-state index contributed by atoms with van der Waals surface area (Å²) in [5.41, 5.74) is 5.96. The fraction of sp³-hybridized carbons (Fsp3) is 0.208. The van der Waals surface area contributed by atoms with Gasteiger partial charge in [0.05, 0.1) is 28.5 Å². The Balaban J connectivity index is 1.60. The van der Waals surface area contributed by atoms with Crippen LogP contribution < -0.4 is 16.4 Å². The Morgan fingerprint density at radius 2 is 1.65 bits per heavy atom. The van der Waals surface area contributed by atoms with Crippen molar-refractivity contribution in [1.82, 2.24) is 30.4 Å². The van der Waals surface area contributed by atoms with E-state index in [0.717, 1.165) is 0 Å². The van der Waals surface area contributed by atoms with E-state index in [1.165, 1.54) is 23.0 Å². The molecule has 0 fully saturated rings. The number of nitrogens with zero attached hydrogens (tertiary/aromatic N) is 4. The van der Waals surface area contributed by atoms with Gasteiger partial charge in [-0.1, -0.05) is 32.0 Å². The number of carbonyl (C=O) groups is 2. The number of benzene rings is 2. The third kappa shape index (κ3) is 4.17. The summed E-state index contributed by atoms with van der Waals surface area (Å²) in [6.07, 6.45) is 1.39. The summed E-state index contributed by atoms with van der Waals surface area (Å²) in [4.78, 5) is 38.3. The van der Waals surface area contributed by atoms with E-state index in [1.807, 2.05) is 13.8 Å². The van der Waals surface area contributed by atoms with E-state index in [2.05, 4.69) is 21.0 Å². The molecule has 4 rings (SSSR count). The van der Waals surface area contributed by atoms with E-state index in [1.54, 1.807) is 48.0 Å². The number of rotatable bonds is 5. The topological polar surface area (TPSA) is 111 Å². The monoisotopic (exact) mass is 462 g/mol. The summed E-state index contributed by atoms with van der Waals surface area (Å²) in [6, 6.07) is 12.4. The molecule has 0 aliphatic carbocycles. The summed E-state index contributed by atoms with van der Waals surface area (Å²) in [5.74, 6) is -1.71. The number of carbonyl (C=O) groups excluding carboxylic acids is 2. The van der Waals surface area contributed by atoms with E-state index in [4.69, 9.17) is 0 Å². The number of hydrazine groups is 1. The molecule has 34 heavy (non-hydrogen) atoms. The van der Waals surface area contributed by atoms with Crippen molar-refractivity contribution < 1.29 is 14.0 Å². The molecule has 2 aromatic heterocycles. The van der Waals surface area contributed by atoms with Gasteiger partial charge < -0.3 is 0 Å². The van der Waals surface area contributed by atoms with Gasteiger partial charge in [-0.3, -0.25) is 25.2 Å². The first-order valence-corrected chi connectivity index (χ1v) is 10.8. The minimum atomic E-state index is -0.663.